The molecule has 0 saturated carbocycles. The second kappa shape index (κ2) is 5.15. The lowest BCUT2D eigenvalue weighted by Crippen LogP contribution is -2.43. The van der Waals surface area contributed by atoms with E-state index in [0.717, 1.165) is 38.1 Å². The highest BCUT2D eigenvalue weighted by Gasteiger charge is 2.15. The van der Waals surface area contributed by atoms with Gasteiger partial charge in [0, 0.05) is 51.4 Å². The monoisotopic (exact) mass is 256 g/mol. The van der Waals surface area contributed by atoms with Gasteiger partial charge < -0.3 is 5.11 Å². The minimum Gasteiger partial charge on any atom is -0.506 e. The number of phenolic OH excluding ortho intramolecular Hbond substituents is 1. The third kappa shape index (κ3) is 2.55. The Morgan fingerprint density at radius 1 is 1.16 bits per heavy atom. The van der Waals surface area contributed by atoms with Crippen LogP contribution in [0.1, 0.15) is 5.56 Å². The van der Waals surface area contributed by atoms with Crippen LogP contribution in [0.15, 0.2) is 30.5 Å². The summed E-state index contributed by atoms with van der Waals surface area (Å²) in [5.41, 5.74) is 1.91. The Kier molecular flexibility index (Phi) is 3.36. The van der Waals surface area contributed by atoms with Crippen molar-refractivity contribution in [1.29, 1.82) is 0 Å². The molecule has 99 valence electrons. The second-order valence-corrected chi connectivity index (χ2v) is 5.04. The molecule has 2 heterocycles. The van der Waals surface area contributed by atoms with E-state index in [-0.39, 0.29) is 5.75 Å². The summed E-state index contributed by atoms with van der Waals surface area (Å²) < 4.78 is 0. The van der Waals surface area contributed by atoms with Gasteiger partial charge in [-0.1, -0.05) is 12.1 Å². The third-order valence-electron chi connectivity index (χ3n) is 3.70. The molecule has 1 N–H and O–H groups in total. The summed E-state index contributed by atoms with van der Waals surface area (Å²) in [6.45, 7) is 4.98. The maximum atomic E-state index is 9.85. The van der Waals surface area contributed by atoms with E-state index >= 15 is 0 Å². The summed E-state index contributed by atoms with van der Waals surface area (Å²) in [5, 5.41) is 10.9. The maximum absolute atomic E-state index is 9.85. The number of benzene rings is 1. The fourth-order valence-electron chi connectivity index (χ4n) is 2.54. The smallest absolute Gasteiger partial charge is 0.141 e. The first-order chi connectivity index (χ1) is 9.24. The fourth-order valence-corrected chi connectivity index (χ4v) is 2.54. The largest absolute Gasteiger partial charge is 0.506 e. The van der Waals surface area contributed by atoms with E-state index in [4.69, 9.17) is 0 Å². The van der Waals surface area contributed by atoms with Crippen molar-refractivity contribution in [2.45, 2.75) is 6.54 Å². The van der Waals surface area contributed by atoms with E-state index < -0.39 is 0 Å². The standard InChI is InChI=1S/C15H18N3O/c1-17-7-9-18(10-8-17)11-12-4-5-14(19)15-13(12)3-2-6-16-15/h2-6,19H,1,7-11H2. The number of hydrogen-bond acceptors (Lipinski definition) is 4. The van der Waals surface area contributed by atoms with E-state index in [1.54, 1.807) is 12.3 Å². The van der Waals surface area contributed by atoms with Crippen molar-refractivity contribution in [2.75, 3.05) is 26.2 Å². The molecular weight excluding hydrogens is 238 g/mol. The van der Waals surface area contributed by atoms with Crippen molar-refractivity contribution < 1.29 is 5.11 Å². The van der Waals surface area contributed by atoms with Crippen LogP contribution in [0.3, 0.4) is 0 Å². The van der Waals surface area contributed by atoms with Gasteiger partial charge in [0.05, 0.1) is 0 Å². The van der Waals surface area contributed by atoms with Crippen molar-refractivity contribution in [1.82, 2.24) is 14.8 Å². The molecule has 3 rings (SSSR count). The minimum absolute atomic E-state index is 0.252. The lowest BCUT2D eigenvalue weighted by Gasteiger charge is -2.32. The van der Waals surface area contributed by atoms with Crippen molar-refractivity contribution in [2.24, 2.45) is 0 Å². The highest BCUT2D eigenvalue weighted by molar-refractivity contribution is 5.87. The van der Waals surface area contributed by atoms with Gasteiger partial charge in [-0.25, -0.2) is 0 Å². The fraction of sp³-hybridized carbons (Fsp3) is 0.333. The number of hydrogen-bond donors (Lipinski definition) is 1. The maximum Gasteiger partial charge on any atom is 0.141 e. The van der Waals surface area contributed by atoms with Crippen LogP contribution in [-0.2, 0) is 6.54 Å². The number of fused-ring (bicyclic) bond motifs is 1. The Balaban J connectivity index is 1.87. The van der Waals surface area contributed by atoms with Crippen LogP contribution in [0.2, 0.25) is 0 Å². The van der Waals surface area contributed by atoms with Gasteiger partial charge in [0.25, 0.3) is 0 Å². The van der Waals surface area contributed by atoms with Gasteiger partial charge in [-0.3, -0.25) is 14.8 Å². The first kappa shape index (κ1) is 12.4. The van der Waals surface area contributed by atoms with Crippen molar-refractivity contribution in [3.63, 3.8) is 0 Å². The number of phenols is 1. The topological polar surface area (TPSA) is 39.6 Å². The number of aromatic nitrogens is 1. The molecule has 4 heteroatoms. The lowest BCUT2D eigenvalue weighted by molar-refractivity contribution is 0.160. The molecule has 0 bridgehead atoms. The Labute approximate surface area is 113 Å². The summed E-state index contributed by atoms with van der Waals surface area (Å²) in [7, 11) is 3.96. The average Bonchev–Trinajstić information content (AvgIpc) is 2.45. The molecule has 1 aliphatic rings. The second-order valence-electron chi connectivity index (χ2n) is 5.04. The van der Waals surface area contributed by atoms with Crippen LogP contribution >= 0.6 is 0 Å². The predicted molar refractivity (Wildman–Crippen MR) is 75.6 cm³/mol. The summed E-state index contributed by atoms with van der Waals surface area (Å²) in [6, 6.07) is 7.67. The van der Waals surface area contributed by atoms with Crippen molar-refractivity contribution in [3.05, 3.63) is 43.1 Å². The van der Waals surface area contributed by atoms with Crippen LogP contribution < -0.4 is 0 Å². The zero-order valence-electron chi connectivity index (χ0n) is 10.9. The molecule has 1 aromatic heterocycles. The molecule has 1 radical (unpaired) electrons. The molecule has 4 nitrogen and oxygen atoms in total. The Bertz CT molecular complexity index is 577. The third-order valence-corrected chi connectivity index (χ3v) is 3.70. The molecular formula is C15H18N3O. The highest BCUT2D eigenvalue weighted by atomic mass is 16.3. The van der Waals surface area contributed by atoms with Gasteiger partial charge >= 0.3 is 0 Å². The molecule has 1 saturated heterocycles. The zero-order valence-corrected chi connectivity index (χ0v) is 10.9. The molecule has 19 heavy (non-hydrogen) atoms. The Hall–Kier alpha value is -1.65. The van der Waals surface area contributed by atoms with E-state index in [0.29, 0.717) is 5.52 Å². The minimum atomic E-state index is 0.252. The Morgan fingerprint density at radius 2 is 1.95 bits per heavy atom. The molecule has 1 aromatic carbocycles. The first-order valence-electron chi connectivity index (χ1n) is 6.57. The molecule has 2 aromatic rings. The molecule has 1 fully saturated rings. The highest BCUT2D eigenvalue weighted by Crippen LogP contribution is 2.26. The molecule has 0 amide bonds. The molecule has 0 unspecified atom stereocenters. The van der Waals surface area contributed by atoms with Gasteiger partial charge in [-0.2, -0.15) is 0 Å². The van der Waals surface area contributed by atoms with Gasteiger partial charge in [0.1, 0.15) is 11.3 Å². The summed E-state index contributed by atoms with van der Waals surface area (Å²) in [5.74, 6) is 0.252. The number of piperazine rings is 1. The number of nitrogens with zero attached hydrogens (tertiary/aromatic N) is 3. The SMILES string of the molecule is [CH2]N1CCN(Cc2ccc(O)c3ncccc23)CC1. The van der Waals surface area contributed by atoms with E-state index in [1.165, 1.54) is 5.56 Å². The van der Waals surface area contributed by atoms with Gasteiger partial charge in [-0.15, -0.1) is 0 Å². The van der Waals surface area contributed by atoms with Crippen LogP contribution in [0.25, 0.3) is 10.9 Å². The molecule has 0 spiro atoms. The zero-order chi connectivity index (χ0) is 13.2. The van der Waals surface area contributed by atoms with Crippen molar-refractivity contribution >= 4 is 10.9 Å². The van der Waals surface area contributed by atoms with Crippen molar-refractivity contribution in [3.8, 4) is 5.75 Å². The number of aromatic hydroxyl groups is 1. The summed E-state index contributed by atoms with van der Waals surface area (Å²) in [6.07, 6.45) is 1.72. The van der Waals surface area contributed by atoms with E-state index in [2.05, 4.69) is 21.8 Å². The number of pyridine rings is 1. The molecule has 0 aliphatic carbocycles. The van der Waals surface area contributed by atoms with Gasteiger partial charge in [0.2, 0.25) is 0 Å². The van der Waals surface area contributed by atoms with Crippen LogP contribution in [-0.4, -0.2) is 46.1 Å². The van der Waals surface area contributed by atoms with Crippen LogP contribution in [0.4, 0.5) is 0 Å². The molecule has 1 aliphatic heterocycles. The van der Waals surface area contributed by atoms with Gasteiger partial charge in [0.15, 0.2) is 0 Å². The quantitative estimate of drug-likeness (QED) is 0.890. The lowest BCUT2D eigenvalue weighted by atomic mass is 10.1. The summed E-state index contributed by atoms with van der Waals surface area (Å²) in [4.78, 5) is 8.78. The summed E-state index contributed by atoms with van der Waals surface area (Å²) >= 11 is 0. The van der Waals surface area contributed by atoms with Crippen LogP contribution in [0, 0.1) is 7.05 Å². The number of rotatable bonds is 2. The van der Waals surface area contributed by atoms with E-state index in [9.17, 15) is 5.11 Å². The predicted octanol–water partition coefficient (Wildman–Crippen LogP) is 1.85. The first-order valence-corrected chi connectivity index (χ1v) is 6.57. The molecule has 0 atom stereocenters. The average molecular weight is 256 g/mol. The normalized spacial score (nSPS) is 17.9. The van der Waals surface area contributed by atoms with Gasteiger partial charge in [-0.05, 0) is 17.7 Å². The van der Waals surface area contributed by atoms with Crippen LogP contribution in [0.5, 0.6) is 5.75 Å². The van der Waals surface area contributed by atoms with E-state index in [1.807, 2.05) is 18.2 Å². The Morgan fingerprint density at radius 3 is 2.74 bits per heavy atom.